The van der Waals surface area contributed by atoms with Gasteiger partial charge in [0.25, 0.3) is 0 Å². The Morgan fingerprint density at radius 2 is 1.94 bits per heavy atom. The molecular weight excluding hydrogens is 288 g/mol. The van der Waals surface area contributed by atoms with Crippen LogP contribution in [0.4, 0.5) is 0 Å². The molecule has 2 N–H and O–H groups in total. The fraction of sp³-hybridized carbons (Fsp3) is 0.500. The van der Waals surface area contributed by atoms with E-state index in [1.54, 1.807) is 19.9 Å². The molecule has 4 nitrogen and oxygen atoms in total. The van der Waals surface area contributed by atoms with Gasteiger partial charge >= 0.3 is 0 Å². The molecule has 0 fully saturated rings. The van der Waals surface area contributed by atoms with Crippen molar-refractivity contribution in [2.75, 3.05) is 13.2 Å². The molecule has 94 valence electrons. The maximum absolute atomic E-state index is 10.1. The van der Waals surface area contributed by atoms with Crippen molar-refractivity contribution in [3.05, 3.63) is 16.1 Å². The number of fused-ring (bicyclic) bond motifs is 1. The number of phenols is 1. The number of aliphatic hydroxyl groups is 1. The number of phenolic OH excluding ortho intramolecular Hbond substituents is 1. The van der Waals surface area contributed by atoms with Crippen LogP contribution in [0.1, 0.15) is 25.8 Å². The van der Waals surface area contributed by atoms with Crippen LogP contribution in [-0.4, -0.2) is 23.4 Å². The Bertz CT molecular complexity index is 437. The van der Waals surface area contributed by atoms with E-state index in [9.17, 15) is 10.2 Å². The van der Waals surface area contributed by atoms with Gasteiger partial charge in [-0.25, -0.2) is 0 Å². The zero-order valence-corrected chi connectivity index (χ0v) is 11.4. The first-order chi connectivity index (χ1) is 7.91. The van der Waals surface area contributed by atoms with Gasteiger partial charge in [-0.1, -0.05) is 0 Å². The number of halogens is 1. The van der Waals surface area contributed by atoms with Crippen molar-refractivity contribution in [3.63, 3.8) is 0 Å². The van der Waals surface area contributed by atoms with Gasteiger partial charge in [0.1, 0.15) is 5.75 Å². The number of aromatic hydroxyl groups is 1. The summed E-state index contributed by atoms with van der Waals surface area (Å²) in [5, 5.41) is 20.2. The lowest BCUT2D eigenvalue weighted by Crippen LogP contribution is -2.18. The summed E-state index contributed by atoms with van der Waals surface area (Å²) < 4.78 is 11.6. The van der Waals surface area contributed by atoms with E-state index in [-0.39, 0.29) is 5.75 Å². The zero-order chi connectivity index (χ0) is 12.6. The first-order valence-corrected chi connectivity index (χ1v) is 6.24. The Hall–Kier alpha value is -0.940. The molecule has 0 radical (unpaired) electrons. The van der Waals surface area contributed by atoms with E-state index in [1.807, 2.05) is 0 Å². The summed E-state index contributed by atoms with van der Waals surface area (Å²) in [7, 11) is 0. The monoisotopic (exact) mass is 302 g/mol. The van der Waals surface area contributed by atoms with Crippen molar-refractivity contribution >= 4 is 15.9 Å². The lowest BCUT2D eigenvalue weighted by Gasteiger charge is -2.24. The highest BCUT2D eigenvalue weighted by Gasteiger charge is 2.30. The summed E-state index contributed by atoms with van der Waals surface area (Å²) in [5.74, 6) is 0.960. The Morgan fingerprint density at radius 1 is 1.29 bits per heavy atom. The first-order valence-electron chi connectivity index (χ1n) is 5.45. The summed E-state index contributed by atoms with van der Waals surface area (Å²) in [6.07, 6.45) is 0.776. The second kappa shape index (κ2) is 4.38. The molecule has 2 rings (SSSR count). The topological polar surface area (TPSA) is 58.9 Å². The van der Waals surface area contributed by atoms with Gasteiger partial charge in [0.15, 0.2) is 11.5 Å². The third kappa shape index (κ3) is 2.35. The molecule has 0 atom stereocenters. The largest absolute Gasteiger partial charge is 0.506 e. The van der Waals surface area contributed by atoms with Crippen molar-refractivity contribution in [1.29, 1.82) is 0 Å². The summed E-state index contributed by atoms with van der Waals surface area (Å²) in [4.78, 5) is 0. The minimum absolute atomic E-state index is 0.0123. The number of hydrogen-bond acceptors (Lipinski definition) is 4. The SMILES string of the molecule is CC(C)(O)c1c(O)c(Br)cc2c1OCCCO2. The normalized spacial score (nSPS) is 15.5. The number of benzene rings is 1. The molecule has 0 aliphatic carbocycles. The highest BCUT2D eigenvalue weighted by molar-refractivity contribution is 9.10. The molecule has 17 heavy (non-hydrogen) atoms. The smallest absolute Gasteiger partial charge is 0.171 e. The molecule has 0 unspecified atom stereocenters. The quantitative estimate of drug-likeness (QED) is 0.837. The van der Waals surface area contributed by atoms with Crippen LogP contribution in [0.25, 0.3) is 0 Å². The van der Waals surface area contributed by atoms with Gasteiger partial charge in [-0.3, -0.25) is 0 Å². The number of ether oxygens (including phenoxy) is 2. The Morgan fingerprint density at radius 3 is 2.59 bits per heavy atom. The van der Waals surface area contributed by atoms with E-state index < -0.39 is 5.60 Å². The van der Waals surface area contributed by atoms with Crippen LogP contribution in [0.5, 0.6) is 17.2 Å². The van der Waals surface area contributed by atoms with E-state index in [1.165, 1.54) is 0 Å². The minimum Gasteiger partial charge on any atom is -0.506 e. The minimum atomic E-state index is -1.20. The lowest BCUT2D eigenvalue weighted by molar-refractivity contribution is 0.0717. The van der Waals surface area contributed by atoms with E-state index in [0.29, 0.717) is 34.7 Å². The molecule has 1 aromatic rings. The summed E-state index contributed by atoms with van der Waals surface area (Å²) in [5.41, 5.74) is -0.852. The van der Waals surface area contributed by atoms with Gasteiger partial charge < -0.3 is 19.7 Å². The van der Waals surface area contributed by atoms with Crippen LogP contribution in [0, 0.1) is 0 Å². The molecule has 0 aromatic heterocycles. The van der Waals surface area contributed by atoms with Crippen molar-refractivity contribution < 1.29 is 19.7 Å². The summed E-state index contributed by atoms with van der Waals surface area (Å²) in [6.45, 7) is 4.28. The second-order valence-electron chi connectivity index (χ2n) is 4.52. The van der Waals surface area contributed by atoms with Crippen LogP contribution in [0.2, 0.25) is 0 Å². The molecule has 0 spiro atoms. The molecule has 1 aliphatic heterocycles. The summed E-state index contributed by atoms with van der Waals surface area (Å²) in [6, 6.07) is 1.66. The Kier molecular flexibility index (Phi) is 3.23. The standard InChI is InChI=1S/C12H15BrO4/c1-12(2,15)9-10(14)7(13)6-8-11(9)17-5-3-4-16-8/h6,14-15H,3-5H2,1-2H3. The van der Waals surface area contributed by atoms with Gasteiger partial charge in [-0.15, -0.1) is 0 Å². The summed E-state index contributed by atoms with van der Waals surface area (Å²) >= 11 is 3.25. The number of rotatable bonds is 1. The van der Waals surface area contributed by atoms with Gasteiger partial charge in [0, 0.05) is 12.5 Å². The van der Waals surface area contributed by atoms with E-state index in [0.717, 1.165) is 6.42 Å². The molecule has 1 heterocycles. The fourth-order valence-electron chi connectivity index (χ4n) is 1.83. The van der Waals surface area contributed by atoms with Crippen LogP contribution in [0.15, 0.2) is 10.5 Å². The average Bonchev–Trinajstić information content (AvgIpc) is 2.42. The van der Waals surface area contributed by atoms with Crippen LogP contribution >= 0.6 is 15.9 Å². The van der Waals surface area contributed by atoms with Crippen molar-refractivity contribution in [2.24, 2.45) is 0 Å². The van der Waals surface area contributed by atoms with Gasteiger partial charge in [-0.2, -0.15) is 0 Å². The van der Waals surface area contributed by atoms with E-state index in [2.05, 4.69) is 15.9 Å². The van der Waals surface area contributed by atoms with Gasteiger partial charge in [0.05, 0.1) is 28.9 Å². The maximum Gasteiger partial charge on any atom is 0.171 e. The second-order valence-corrected chi connectivity index (χ2v) is 5.37. The molecular formula is C12H15BrO4. The molecule has 0 bridgehead atoms. The Labute approximate surface area is 108 Å². The van der Waals surface area contributed by atoms with E-state index in [4.69, 9.17) is 9.47 Å². The molecule has 1 aromatic carbocycles. The lowest BCUT2D eigenvalue weighted by atomic mass is 9.95. The first kappa shape index (κ1) is 12.5. The van der Waals surface area contributed by atoms with Gasteiger partial charge in [0.2, 0.25) is 0 Å². The molecule has 5 heteroatoms. The fourth-order valence-corrected chi connectivity index (χ4v) is 2.24. The number of hydrogen-bond donors (Lipinski definition) is 2. The van der Waals surface area contributed by atoms with Crippen LogP contribution < -0.4 is 9.47 Å². The Balaban J connectivity index is 2.66. The predicted octanol–water partition coefficient (Wildman–Crippen LogP) is 2.54. The highest BCUT2D eigenvalue weighted by Crippen LogP contribution is 2.47. The van der Waals surface area contributed by atoms with Gasteiger partial charge in [-0.05, 0) is 29.8 Å². The molecule has 0 amide bonds. The predicted molar refractivity (Wildman–Crippen MR) is 66.7 cm³/mol. The van der Waals surface area contributed by atoms with E-state index >= 15 is 0 Å². The van der Waals surface area contributed by atoms with Crippen LogP contribution in [0.3, 0.4) is 0 Å². The van der Waals surface area contributed by atoms with Crippen molar-refractivity contribution in [1.82, 2.24) is 0 Å². The third-order valence-corrected chi connectivity index (χ3v) is 3.18. The maximum atomic E-state index is 10.1. The highest BCUT2D eigenvalue weighted by atomic mass is 79.9. The average molecular weight is 303 g/mol. The zero-order valence-electron chi connectivity index (χ0n) is 9.79. The van der Waals surface area contributed by atoms with Crippen LogP contribution in [-0.2, 0) is 5.60 Å². The molecule has 0 saturated carbocycles. The van der Waals surface area contributed by atoms with Crippen molar-refractivity contribution in [2.45, 2.75) is 25.9 Å². The molecule has 1 aliphatic rings. The third-order valence-electron chi connectivity index (χ3n) is 2.58. The van der Waals surface area contributed by atoms with Crippen molar-refractivity contribution in [3.8, 4) is 17.2 Å². The molecule has 0 saturated heterocycles.